The van der Waals surface area contributed by atoms with Crippen LogP contribution in [0.5, 0.6) is 0 Å². The third-order valence-corrected chi connectivity index (χ3v) is 11.3. The number of nitrogens with one attached hydrogen (secondary N) is 2. The number of unbranched alkanes of at least 4 members (excludes halogenated alkanes) is 1. The van der Waals surface area contributed by atoms with Crippen LogP contribution in [0, 0.1) is 0 Å². The normalized spacial score (nSPS) is 9.78. The number of thiocarbonyl (C=S) groups is 3. The Balaban J connectivity index is 0.000000748. The molecule has 0 spiro atoms. The van der Waals surface area contributed by atoms with Gasteiger partial charge in [-0.1, -0.05) is 80.9 Å². The molecule has 3 rings (SSSR count). The molecule has 0 aliphatic carbocycles. The van der Waals surface area contributed by atoms with E-state index in [4.69, 9.17) is 0 Å². The predicted octanol–water partition coefficient (Wildman–Crippen LogP) is 4.99. The summed E-state index contributed by atoms with van der Waals surface area (Å²) in [5.41, 5.74) is 0. The Morgan fingerprint density at radius 2 is 0.975 bits per heavy atom. The van der Waals surface area contributed by atoms with Crippen molar-refractivity contribution in [1.82, 2.24) is 15.5 Å². The Morgan fingerprint density at radius 3 is 1.20 bits per heavy atom. The summed E-state index contributed by atoms with van der Waals surface area (Å²) in [6, 6.07) is 33.4. The molecular formula is C29H36N3PS6Zn. The van der Waals surface area contributed by atoms with Gasteiger partial charge >= 0.3 is 19.5 Å². The fourth-order valence-corrected chi connectivity index (χ4v) is 8.52. The fourth-order valence-electron chi connectivity index (χ4n) is 3.61. The van der Waals surface area contributed by atoms with Crippen LogP contribution in [-0.2, 0) is 57.4 Å². The molecule has 0 aliphatic rings. The molecule has 0 amide bonds. The van der Waals surface area contributed by atoms with Crippen LogP contribution >= 0.6 is 43.9 Å². The van der Waals surface area contributed by atoms with Crippen LogP contribution in [0.2, 0.25) is 0 Å². The van der Waals surface area contributed by atoms with Crippen molar-refractivity contribution in [2.24, 2.45) is 0 Å². The molecule has 3 nitrogen and oxygen atoms in total. The molecule has 3 aromatic carbocycles. The van der Waals surface area contributed by atoms with Crippen LogP contribution in [0.15, 0.2) is 91.0 Å². The van der Waals surface area contributed by atoms with Crippen LogP contribution in [-0.4, -0.2) is 51.2 Å². The van der Waals surface area contributed by atoms with Gasteiger partial charge in [-0.3, -0.25) is 0 Å². The van der Waals surface area contributed by atoms with Gasteiger partial charge in [0.25, 0.3) is 0 Å². The summed E-state index contributed by atoms with van der Waals surface area (Å²) in [7, 11) is 2.09. The van der Waals surface area contributed by atoms with Crippen LogP contribution in [0.1, 0.15) is 19.8 Å². The summed E-state index contributed by atoms with van der Waals surface area (Å²) in [5, 5.41) is 10.0. The minimum atomic E-state index is -1.57. The molecule has 0 fully saturated rings. The number of rotatable bonds is 9. The molecule has 0 heterocycles. The van der Waals surface area contributed by atoms with E-state index in [1.54, 1.807) is 4.90 Å². The molecule has 0 saturated carbocycles. The van der Waals surface area contributed by atoms with E-state index in [9.17, 15) is 0 Å². The average molecular weight is 715 g/mol. The quantitative estimate of drug-likeness (QED) is 0.105. The molecule has 40 heavy (non-hydrogen) atoms. The van der Waals surface area contributed by atoms with Gasteiger partial charge in [0, 0.05) is 27.2 Å². The maximum atomic E-state index is 4.59. The van der Waals surface area contributed by atoms with Crippen molar-refractivity contribution < 1.29 is 19.5 Å². The summed E-state index contributed by atoms with van der Waals surface area (Å²) in [4.78, 5) is 1.71. The molecule has 2 N–H and O–H groups in total. The van der Waals surface area contributed by atoms with Gasteiger partial charge in [-0.2, -0.15) is 0 Å². The van der Waals surface area contributed by atoms with Crippen LogP contribution in [0.25, 0.3) is 0 Å². The van der Waals surface area contributed by atoms with Gasteiger partial charge in [-0.25, -0.2) is 0 Å². The second kappa shape index (κ2) is 22.6. The first-order valence-electron chi connectivity index (χ1n) is 12.5. The topological polar surface area (TPSA) is 27.3 Å². The summed E-state index contributed by atoms with van der Waals surface area (Å²) in [6.45, 7) is 3.62. The largest absolute Gasteiger partial charge is 2.00 e. The maximum Gasteiger partial charge on any atom is 2.00 e. The summed E-state index contributed by atoms with van der Waals surface area (Å²) < 4.78 is 1.25. The van der Waals surface area contributed by atoms with Crippen molar-refractivity contribution in [3.63, 3.8) is 0 Å². The van der Waals surface area contributed by atoms with Crippen molar-refractivity contribution in [3.8, 4) is 0 Å². The number of nitrogens with zero attached hydrogens (tertiary/aromatic N) is 1. The first-order valence-corrected chi connectivity index (χ1v) is 16.9. The maximum absolute atomic E-state index is 4.59. The molecule has 0 aliphatic heterocycles. The van der Waals surface area contributed by atoms with Crippen molar-refractivity contribution in [1.29, 1.82) is 0 Å². The monoisotopic (exact) mass is 713 g/mol. The third-order valence-electron chi connectivity index (χ3n) is 5.47. The molecule has 0 aromatic heterocycles. The summed E-state index contributed by atoms with van der Waals surface area (Å²) in [5.74, 6) is 0. The standard InChI is InChI=1S/C22H24P.C4H8N2S4.C3H7NS2.Zn/c1-2-3-19-23(20-13-7-4-8-14-20,21-15-9-5-10-16-21)22-17-11-6-12-18-22;7-3(8)5-1-2-6-4(9)10;1-4(2)3(5)6;/h4-18H,2-3,19H2,1H3;1-2H2,(H2,5,7,8)(H2,6,9,10);1-2H3,(H,5,6);/q+1;;;+2/p-3. The Kier molecular flexibility index (Phi) is 22.1. The Morgan fingerprint density at radius 1 is 0.675 bits per heavy atom. The van der Waals surface area contributed by atoms with Crippen LogP contribution in [0.3, 0.4) is 0 Å². The molecular weight excluding hydrogens is 679 g/mol. The first-order chi connectivity index (χ1) is 18.6. The number of hydrogen-bond donors (Lipinski definition) is 2. The zero-order valence-corrected chi connectivity index (χ0v) is 32.0. The van der Waals surface area contributed by atoms with Gasteiger partial charge in [0.05, 0.1) is 6.16 Å². The first kappa shape index (κ1) is 39.0. The van der Waals surface area contributed by atoms with Gasteiger partial charge < -0.3 is 90.1 Å². The molecule has 0 bridgehead atoms. The zero-order chi connectivity index (χ0) is 29.1. The number of benzene rings is 3. The third kappa shape index (κ3) is 14.8. The predicted molar refractivity (Wildman–Crippen MR) is 195 cm³/mol. The van der Waals surface area contributed by atoms with Gasteiger partial charge in [-0.15, -0.1) is 0 Å². The number of hydrogen-bond acceptors (Lipinski definition) is 6. The van der Waals surface area contributed by atoms with Gasteiger partial charge in [-0.05, 0) is 42.8 Å². The van der Waals surface area contributed by atoms with E-state index in [-0.39, 0.29) is 19.5 Å². The van der Waals surface area contributed by atoms with E-state index < -0.39 is 7.26 Å². The van der Waals surface area contributed by atoms with E-state index in [1.807, 2.05) is 14.1 Å². The molecule has 0 unspecified atom stereocenters. The zero-order valence-electron chi connectivity index (χ0n) is 23.2. The van der Waals surface area contributed by atoms with Gasteiger partial charge in [0.1, 0.15) is 23.2 Å². The molecule has 0 radical (unpaired) electrons. The second-order valence-electron chi connectivity index (χ2n) is 8.48. The van der Waals surface area contributed by atoms with E-state index in [2.05, 4.69) is 183 Å². The Hall–Kier alpha value is -0.957. The molecule has 3 aromatic rings. The minimum Gasteiger partial charge on any atom is -0.412 e. The molecule has 11 heteroatoms. The van der Waals surface area contributed by atoms with E-state index in [0.717, 1.165) is 0 Å². The van der Waals surface area contributed by atoms with Gasteiger partial charge in [0.15, 0.2) is 0 Å². The van der Waals surface area contributed by atoms with E-state index >= 15 is 0 Å². The fraction of sp³-hybridized carbons (Fsp3) is 0.276. The van der Waals surface area contributed by atoms with Crippen molar-refractivity contribution in [2.75, 3.05) is 33.3 Å². The smallest absolute Gasteiger partial charge is 0.412 e. The van der Waals surface area contributed by atoms with E-state index in [1.165, 1.54) is 34.9 Å². The van der Waals surface area contributed by atoms with E-state index in [0.29, 0.717) is 26.1 Å². The van der Waals surface area contributed by atoms with Crippen LogP contribution in [0.4, 0.5) is 0 Å². The average Bonchev–Trinajstić information content (AvgIpc) is 2.94. The van der Waals surface area contributed by atoms with Crippen molar-refractivity contribution >= 4 is 111 Å². The summed E-state index contributed by atoms with van der Waals surface area (Å²) >= 11 is 27.5. The Bertz CT molecular complexity index is 1010. The molecule has 210 valence electrons. The molecule has 0 atom stereocenters. The summed E-state index contributed by atoms with van der Waals surface area (Å²) in [6.07, 6.45) is 3.72. The van der Waals surface area contributed by atoms with Gasteiger partial charge in [0.2, 0.25) is 0 Å². The minimum absolute atomic E-state index is 0. The van der Waals surface area contributed by atoms with Crippen molar-refractivity contribution in [3.05, 3.63) is 91.0 Å². The van der Waals surface area contributed by atoms with Crippen LogP contribution < -0.4 is 26.5 Å². The Labute approximate surface area is 287 Å². The van der Waals surface area contributed by atoms with Crippen molar-refractivity contribution in [2.45, 2.75) is 19.8 Å². The molecule has 0 saturated heterocycles. The SMILES string of the molecule is CCCC[P+](c1ccccc1)(c1ccccc1)c1ccccc1.CN(C)C(=S)[S-].S=C([S-])NCCNC(=S)[S-].[Zn+2]. The second-order valence-corrected chi connectivity index (χ2v) is 15.3.